The third-order valence-electron chi connectivity index (χ3n) is 4.04. The van der Waals surface area contributed by atoms with Crippen molar-refractivity contribution in [2.24, 2.45) is 5.73 Å². The maximum absolute atomic E-state index is 6.00. The van der Waals surface area contributed by atoms with Gasteiger partial charge in [-0.15, -0.1) is 0 Å². The molecule has 0 aliphatic carbocycles. The van der Waals surface area contributed by atoms with Crippen LogP contribution in [0.1, 0.15) is 19.3 Å². The first-order valence-corrected chi connectivity index (χ1v) is 6.75. The minimum atomic E-state index is 0.205. The molecule has 0 radical (unpaired) electrons. The highest BCUT2D eigenvalue weighted by Gasteiger charge is 2.35. The van der Waals surface area contributed by atoms with E-state index in [1.807, 2.05) is 0 Å². The van der Waals surface area contributed by atoms with Gasteiger partial charge in [-0.05, 0) is 67.1 Å². The lowest BCUT2D eigenvalue weighted by Gasteiger charge is -2.46. The van der Waals surface area contributed by atoms with Gasteiger partial charge in [0.15, 0.2) is 0 Å². The van der Waals surface area contributed by atoms with Crippen LogP contribution in [0.25, 0.3) is 0 Å². The van der Waals surface area contributed by atoms with Crippen LogP contribution in [0, 0.1) is 0 Å². The summed E-state index contributed by atoms with van der Waals surface area (Å²) in [6.07, 6.45) is 3.76. The fourth-order valence-corrected chi connectivity index (χ4v) is 2.72. The average Bonchev–Trinajstić information content (AvgIpc) is 2.28. The van der Waals surface area contributed by atoms with Gasteiger partial charge >= 0.3 is 0 Å². The highest BCUT2D eigenvalue weighted by Crippen LogP contribution is 2.24. The minimum absolute atomic E-state index is 0.205. The molecule has 0 saturated carbocycles. The molecule has 1 unspecified atom stereocenters. The predicted molar refractivity (Wildman–Crippen MR) is 74.3 cm³/mol. The van der Waals surface area contributed by atoms with Gasteiger partial charge in [-0.25, -0.2) is 0 Å². The Balaban J connectivity index is 2.42. The number of hydrogen-bond acceptors (Lipinski definition) is 4. The third kappa shape index (κ3) is 4.21. The Hall–Kier alpha value is -0.160. The Labute approximate surface area is 107 Å². The van der Waals surface area contributed by atoms with E-state index in [2.05, 4.69) is 42.9 Å². The summed E-state index contributed by atoms with van der Waals surface area (Å²) < 4.78 is 0. The van der Waals surface area contributed by atoms with Crippen molar-refractivity contribution in [3.8, 4) is 0 Å². The van der Waals surface area contributed by atoms with Crippen molar-refractivity contribution in [3.05, 3.63) is 0 Å². The zero-order valence-corrected chi connectivity index (χ0v) is 12.1. The lowest BCUT2D eigenvalue weighted by atomic mass is 9.87. The average molecular weight is 242 g/mol. The van der Waals surface area contributed by atoms with Crippen LogP contribution in [0.5, 0.6) is 0 Å². The molecule has 1 aliphatic rings. The van der Waals surface area contributed by atoms with E-state index in [1.165, 1.54) is 38.9 Å². The summed E-state index contributed by atoms with van der Waals surface area (Å²) in [5.41, 5.74) is 6.21. The second-order valence-corrected chi connectivity index (χ2v) is 5.86. The molecule has 4 nitrogen and oxygen atoms in total. The minimum Gasteiger partial charge on any atom is -0.329 e. The number of nitrogens with two attached hydrogens (primary N) is 1. The summed E-state index contributed by atoms with van der Waals surface area (Å²) >= 11 is 0. The lowest BCUT2D eigenvalue weighted by Crippen LogP contribution is -2.60. The summed E-state index contributed by atoms with van der Waals surface area (Å²) in [5, 5.41) is 0. The van der Waals surface area contributed by atoms with E-state index >= 15 is 0 Å². The Morgan fingerprint density at radius 1 is 1.24 bits per heavy atom. The molecule has 2 N–H and O–H groups in total. The Bertz CT molecular complexity index is 217. The van der Waals surface area contributed by atoms with E-state index in [-0.39, 0.29) is 5.54 Å². The first kappa shape index (κ1) is 14.9. The Morgan fingerprint density at radius 3 is 2.47 bits per heavy atom. The Morgan fingerprint density at radius 2 is 1.94 bits per heavy atom. The molecule has 0 spiro atoms. The van der Waals surface area contributed by atoms with E-state index in [9.17, 15) is 0 Å². The van der Waals surface area contributed by atoms with E-state index < -0.39 is 0 Å². The molecule has 1 rings (SSSR count). The van der Waals surface area contributed by atoms with Gasteiger partial charge in [0, 0.05) is 18.6 Å². The van der Waals surface area contributed by atoms with Crippen LogP contribution in [0.3, 0.4) is 0 Å². The SMILES string of the molecule is CN(C)CCCN1CCCC(CN)(N(C)C)C1. The third-order valence-corrected chi connectivity index (χ3v) is 4.04. The highest BCUT2D eigenvalue weighted by atomic mass is 15.2. The summed E-state index contributed by atoms with van der Waals surface area (Å²) in [7, 11) is 8.60. The first-order valence-electron chi connectivity index (χ1n) is 6.75. The zero-order chi connectivity index (χ0) is 12.9. The van der Waals surface area contributed by atoms with Crippen LogP contribution in [0.4, 0.5) is 0 Å². The summed E-state index contributed by atoms with van der Waals surface area (Å²) in [5.74, 6) is 0. The van der Waals surface area contributed by atoms with Crippen molar-refractivity contribution in [1.29, 1.82) is 0 Å². The van der Waals surface area contributed by atoms with Crippen molar-refractivity contribution in [3.63, 3.8) is 0 Å². The summed E-state index contributed by atoms with van der Waals surface area (Å²) in [6.45, 7) is 5.51. The van der Waals surface area contributed by atoms with E-state index in [1.54, 1.807) is 0 Å². The molecule has 1 fully saturated rings. The molecular formula is C13H30N4. The van der Waals surface area contributed by atoms with Crippen LogP contribution in [-0.2, 0) is 0 Å². The van der Waals surface area contributed by atoms with Gasteiger partial charge in [-0.2, -0.15) is 0 Å². The number of rotatable bonds is 6. The lowest BCUT2D eigenvalue weighted by molar-refractivity contribution is 0.0491. The predicted octanol–water partition coefficient (Wildman–Crippen LogP) is 0.293. The normalized spacial score (nSPS) is 27.0. The summed E-state index contributed by atoms with van der Waals surface area (Å²) in [6, 6.07) is 0. The van der Waals surface area contributed by atoms with Gasteiger partial charge < -0.3 is 20.4 Å². The number of piperidine rings is 1. The quantitative estimate of drug-likeness (QED) is 0.726. The van der Waals surface area contributed by atoms with Crippen LogP contribution < -0.4 is 5.73 Å². The topological polar surface area (TPSA) is 35.7 Å². The van der Waals surface area contributed by atoms with Gasteiger partial charge in [0.25, 0.3) is 0 Å². The second kappa shape index (κ2) is 6.69. The molecule has 0 amide bonds. The fourth-order valence-electron chi connectivity index (χ4n) is 2.72. The molecule has 1 heterocycles. The van der Waals surface area contributed by atoms with Crippen LogP contribution in [0.2, 0.25) is 0 Å². The van der Waals surface area contributed by atoms with Gasteiger partial charge in [0.2, 0.25) is 0 Å². The van der Waals surface area contributed by atoms with Gasteiger partial charge in [-0.1, -0.05) is 0 Å². The number of likely N-dealkylation sites (N-methyl/N-ethyl adjacent to an activating group) is 1. The molecular weight excluding hydrogens is 212 g/mol. The first-order chi connectivity index (χ1) is 8.00. The molecule has 1 atom stereocenters. The summed E-state index contributed by atoms with van der Waals surface area (Å²) in [4.78, 5) is 7.16. The van der Waals surface area contributed by atoms with E-state index in [0.29, 0.717) is 0 Å². The van der Waals surface area contributed by atoms with E-state index in [0.717, 1.165) is 13.1 Å². The number of hydrogen-bond donors (Lipinski definition) is 1. The van der Waals surface area contributed by atoms with Crippen molar-refractivity contribution < 1.29 is 0 Å². The van der Waals surface area contributed by atoms with Gasteiger partial charge in [0.1, 0.15) is 0 Å². The molecule has 0 aromatic heterocycles. The van der Waals surface area contributed by atoms with Crippen LogP contribution in [-0.4, -0.2) is 81.2 Å². The van der Waals surface area contributed by atoms with Crippen molar-refractivity contribution in [2.75, 3.05) is 60.9 Å². The zero-order valence-electron chi connectivity index (χ0n) is 12.1. The molecule has 102 valence electrons. The van der Waals surface area contributed by atoms with Crippen molar-refractivity contribution >= 4 is 0 Å². The molecule has 17 heavy (non-hydrogen) atoms. The molecule has 1 aliphatic heterocycles. The van der Waals surface area contributed by atoms with Gasteiger partial charge in [-0.3, -0.25) is 0 Å². The maximum atomic E-state index is 6.00. The fraction of sp³-hybridized carbons (Fsp3) is 1.00. The Kier molecular flexibility index (Phi) is 5.86. The molecule has 4 heteroatoms. The highest BCUT2D eigenvalue weighted by molar-refractivity contribution is 4.95. The largest absolute Gasteiger partial charge is 0.329 e. The van der Waals surface area contributed by atoms with E-state index in [4.69, 9.17) is 5.73 Å². The monoisotopic (exact) mass is 242 g/mol. The number of likely N-dealkylation sites (tertiary alicyclic amines) is 1. The maximum Gasteiger partial charge on any atom is 0.0453 e. The second-order valence-electron chi connectivity index (χ2n) is 5.86. The molecule has 0 bridgehead atoms. The van der Waals surface area contributed by atoms with Crippen molar-refractivity contribution in [1.82, 2.24) is 14.7 Å². The van der Waals surface area contributed by atoms with Crippen LogP contribution >= 0.6 is 0 Å². The van der Waals surface area contributed by atoms with Gasteiger partial charge in [0.05, 0.1) is 0 Å². The van der Waals surface area contributed by atoms with Crippen LogP contribution in [0.15, 0.2) is 0 Å². The standard InChI is InChI=1S/C13H30N4/c1-15(2)8-6-10-17-9-5-7-13(11-14,12-17)16(3)4/h5-12,14H2,1-4H3. The smallest absolute Gasteiger partial charge is 0.0453 e. The van der Waals surface area contributed by atoms with Crippen molar-refractivity contribution in [2.45, 2.75) is 24.8 Å². The number of nitrogens with zero attached hydrogens (tertiary/aromatic N) is 3. The molecule has 0 aromatic carbocycles. The molecule has 1 saturated heterocycles. The molecule has 0 aromatic rings.